The molecule has 0 saturated carbocycles. The Labute approximate surface area is 174 Å². The molecule has 2 heteroatoms. The second kappa shape index (κ2) is 7.59. The minimum absolute atomic E-state index is 0.276. The summed E-state index contributed by atoms with van der Waals surface area (Å²) in [5.41, 5.74) is 7.26. The number of fused-ring (bicyclic) bond motifs is 3. The van der Waals surface area contributed by atoms with Crippen molar-refractivity contribution in [3.63, 3.8) is 0 Å². The van der Waals surface area contributed by atoms with Gasteiger partial charge >= 0.3 is 0 Å². The maximum absolute atomic E-state index is 5.06. The number of rotatable bonds is 4. The molecule has 29 heavy (non-hydrogen) atoms. The Morgan fingerprint density at radius 2 is 1.59 bits per heavy atom. The molecule has 0 aliphatic rings. The van der Waals surface area contributed by atoms with E-state index in [0.29, 0.717) is 5.92 Å². The number of aryl methyl sites for hydroxylation is 2. The zero-order chi connectivity index (χ0) is 20.7. The highest BCUT2D eigenvalue weighted by Crippen LogP contribution is 2.35. The van der Waals surface area contributed by atoms with Crippen molar-refractivity contribution in [2.45, 2.75) is 53.9 Å². The van der Waals surface area contributed by atoms with Gasteiger partial charge in [-0.2, -0.15) is 0 Å². The second-order valence-corrected chi connectivity index (χ2v) is 8.97. The van der Waals surface area contributed by atoms with Gasteiger partial charge in [-0.3, -0.25) is 0 Å². The van der Waals surface area contributed by atoms with E-state index in [2.05, 4.69) is 90.1 Å². The second-order valence-electron chi connectivity index (χ2n) is 8.97. The molecule has 0 radical (unpaired) electrons. The van der Waals surface area contributed by atoms with Crippen LogP contribution in [0.15, 0.2) is 48.5 Å². The molecule has 1 heterocycles. The smallest absolute Gasteiger partial charge is 0.132 e. The fraction of sp³-hybridized carbons (Fsp3) is 0.333. The maximum atomic E-state index is 5.06. The first-order valence-corrected chi connectivity index (χ1v) is 10.6. The van der Waals surface area contributed by atoms with Gasteiger partial charge in [0.15, 0.2) is 0 Å². The van der Waals surface area contributed by atoms with E-state index in [-0.39, 0.29) is 5.92 Å². The van der Waals surface area contributed by atoms with Crippen LogP contribution in [0, 0.1) is 19.8 Å². The first-order chi connectivity index (χ1) is 13.8. The highest BCUT2D eigenvalue weighted by atomic mass is 14.9. The minimum Gasteiger partial charge on any atom is -0.232 e. The molecule has 2 nitrogen and oxygen atoms in total. The minimum atomic E-state index is 0.276. The first kappa shape index (κ1) is 19.6. The number of hydrogen-bond acceptors (Lipinski definition) is 2. The van der Waals surface area contributed by atoms with Crippen LogP contribution in [0.25, 0.3) is 32.9 Å². The number of nitrogens with zero attached hydrogens (tertiary/aromatic N) is 2. The number of hydrogen-bond donors (Lipinski definition) is 0. The van der Waals surface area contributed by atoms with Gasteiger partial charge in [-0.1, -0.05) is 70.2 Å². The third-order valence-corrected chi connectivity index (χ3v) is 5.62. The van der Waals surface area contributed by atoms with Gasteiger partial charge in [0, 0.05) is 22.3 Å². The standard InChI is InChI=1S/C27H30N2/c1-16(2)13-20-14-19(6)24-21(15-20)11-12-23-25(22-10-8-7-9-18(22)5)28-27(17(3)4)29-26(23)24/h7-12,14-17H,13H2,1-6H3. The van der Waals surface area contributed by atoms with Crippen LogP contribution in [-0.2, 0) is 6.42 Å². The summed E-state index contributed by atoms with van der Waals surface area (Å²) >= 11 is 0. The summed E-state index contributed by atoms with van der Waals surface area (Å²) in [5.74, 6) is 1.83. The van der Waals surface area contributed by atoms with E-state index in [0.717, 1.165) is 28.8 Å². The molecule has 0 fully saturated rings. The molecule has 0 N–H and O–H groups in total. The van der Waals surface area contributed by atoms with Gasteiger partial charge in [0.05, 0.1) is 11.2 Å². The molecule has 3 aromatic carbocycles. The molecule has 0 aliphatic heterocycles. The lowest BCUT2D eigenvalue weighted by molar-refractivity contribution is 0.647. The van der Waals surface area contributed by atoms with Crippen molar-refractivity contribution in [3.8, 4) is 11.3 Å². The Kier molecular flexibility index (Phi) is 5.12. The predicted octanol–water partition coefficient (Wildman–Crippen LogP) is 7.39. The monoisotopic (exact) mass is 382 g/mol. The Morgan fingerprint density at radius 1 is 0.828 bits per heavy atom. The van der Waals surface area contributed by atoms with E-state index >= 15 is 0 Å². The molecule has 0 unspecified atom stereocenters. The highest BCUT2D eigenvalue weighted by molar-refractivity contribution is 6.10. The number of benzene rings is 3. The average molecular weight is 383 g/mol. The summed E-state index contributed by atoms with van der Waals surface area (Å²) in [6.45, 7) is 13.3. The van der Waals surface area contributed by atoms with Gasteiger partial charge < -0.3 is 0 Å². The first-order valence-electron chi connectivity index (χ1n) is 10.6. The lowest BCUT2D eigenvalue weighted by atomic mass is 9.93. The summed E-state index contributed by atoms with van der Waals surface area (Å²) < 4.78 is 0. The highest BCUT2D eigenvalue weighted by Gasteiger charge is 2.16. The third kappa shape index (κ3) is 3.64. The zero-order valence-corrected chi connectivity index (χ0v) is 18.4. The molecule has 4 rings (SSSR count). The summed E-state index contributed by atoms with van der Waals surface area (Å²) in [5, 5.41) is 3.67. The fourth-order valence-electron chi connectivity index (χ4n) is 4.25. The van der Waals surface area contributed by atoms with Crippen LogP contribution in [0.2, 0.25) is 0 Å². The van der Waals surface area contributed by atoms with Gasteiger partial charge in [-0.05, 0) is 54.3 Å². The third-order valence-electron chi connectivity index (χ3n) is 5.62. The molecule has 0 atom stereocenters. The van der Waals surface area contributed by atoms with E-state index in [9.17, 15) is 0 Å². The van der Waals surface area contributed by atoms with E-state index in [1.54, 1.807) is 0 Å². The van der Waals surface area contributed by atoms with Crippen LogP contribution in [0.5, 0.6) is 0 Å². The maximum Gasteiger partial charge on any atom is 0.132 e. The molecular formula is C27H30N2. The summed E-state index contributed by atoms with van der Waals surface area (Å²) in [7, 11) is 0. The lowest BCUT2D eigenvalue weighted by Crippen LogP contribution is -2.02. The van der Waals surface area contributed by atoms with Crippen molar-refractivity contribution < 1.29 is 0 Å². The topological polar surface area (TPSA) is 25.8 Å². The lowest BCUT2D eigenvalue weighted by Gasteiger charge is -2.16. The van der Waals surface area contributed by atoms with Crippen molar-refractivity contribution in [2.24, 2.45) is 5.92 Å². The molecule has 4 aromatic rings. The Hall–Kier alpha value is -2.74. The van der Waals surface area contributed by atoms with Crippen LogP contribution >= 0.6 is 0 Å². The van der Waals surface area contributed by atoms with Crippen molar-refractivity contribution in [1.29, 1.82) is 0 Å². The quantitative estimate of drug-likeness (QED) is 0.344. The Morgan fingerprint density at radius 3 is 2.28 bits per heavy atom. The molecular weight excluding hydrogens is 352 g/mol. The van der Waals surface area contributed by atoms with Crippen molar-refractivity contribution in [3.05, 3.63) is 71.0 Å². The number of aromatic nitrogens is 2. The van der Waals surface area contributed by atoms with Crippen molar-refractivity contribution in [1.82, 2.24) is 9.97 Å². The largest absolute Gasteiger partial charge is 0.232 e. The Balaban J connectivity index is 2.08. The predicted molar refractivity (Wildman–Crippen MR) is 125 cm³/mol. The zero-order valence-electron chi connectivity index (χ0n) is 18.4. The van der Waals surface area contributed by atoms with E-state index in [4.69, 9.17) is 9.97 Å². The van der Waals surface area contributed by atoms with Crippen molar-refractivity contribution in [2.75, 3.05) is 0 Å². The van der Waals surface area contributed by atoms with Gasteiger partial charge in [0.1, 0.15) is 5.82 Å². The van der Waals surface area contributed by atoms with Crippen molar-refractivity contribution >= 4 is 21.7 Å². The van der Waals surface area contributed by atoms with Gasteiger partial charge in [0.2, 0.25) is 0 Å². The summed E-state index contributed by atoms with van der Waals surface area (Å²) in [6, 6.07) is 17.6. The van der Waals surface area contributed by atoms with Crippen LogP contribution in [-0.4, -0.2) is 9.97 Å². The van der Waals surface area contributed by atoms with Gasteiger partial charge in [-0.25, -0.2) is 9.97 Å². The molecule has 0 aliphatic carbocycles. The molecule has 0 bridgehead atoms. The van der Waals surface area contributed by atoms with E-state index in [1.165, 1.54) is 33.0 Å². The van der Waals surface area contributed by atoms with Crippen LogP contribution in [0.3, 0.4) is 0 Å². The fourth-order valence-corrected chi connectivity index (χ4v) is 4.25. The van der Waals surface area contributed by atoms with Crippen LogP contribution in [0.4, 0.5) is 0 Å². The molecule has 1 aromatic heterocycles. The van der Waals surface area contributed by atoms with Crippen LogP contribution < -0.4 is 0 Å². The van der Waals surface area contributed by atoms with Crippen LogP contribution in [0.1, 0.15) is 56.1 Å². The normalized spacial score (nSPS) is 11.9. The van der Waals surface area contributed by atoms with Gasteiger partial charge in [-0.15, -0.1) is 0 Å². The van der Waals surface area contributed by atoms with E-state index < -0.39 is 0 Å². The molecule has 0 saturated heterocycles. The average Bonchev–Trinajstić information content (AvgIpc) is 2.66. The Bertz CT molecular complexity index is 1200. The SMILES string of the molecule is Cc1ccccc1-c1nc(C(C)C)nc2c1ccc1cc(CC(C)C)cc(C)c12. The van der Waals surface area contributed by atoms with Gasteiger partial charge in [0.25, 0.3) is 0 Å². The molecule has 0 spiro atoms. The molecule has 0 amide bonds. The summed E-state index contributed by atoms with van der Waals surface area (Å²) in [6.07, 6.45) is 1.10. The van der Waals surface area contributed by atoms with E-state index in [1.807, 2.05) is 0 Å². The summed E-state index contributed by atoms with van der Waals surface area (Å²) in [4.78, 5) is 10.1. The molecule has 148 valence electrons.